The van der Waals surface area contributed by atoms with Gasteiger partial charge in [0.15, 0.2) is 5.82 Å². The molecular weight excluding hydrogens is 544 g/mol. The lowest BCUT2D eigenvalue weighted by Crippen LogP contribution is -1.96. The molecule has 0 amide bonds. The third-order valence-corrected chi connectivity index (χ3v) is 8.28. The predicted octanol–water partition coefficient (Wildman–Crippen LogP) is 11.4. The highest BCUT2D eigenvalue weighted by Gasteiger charge is 2.13. The van der Waals surface area contributed by atoms with Gasteiger partial charge in [-0.3, -0.25) is 0 Å². The van der Waals surface area contributed by atoms with E-state index in [4.69, 9.17) is 9.97 Å². The van der Waals surface area contributed by atoms with E-state index < -0.39 is 0 Å². The molecule has 7 aromatic rings. The molecule has 0 fully saturated rings. The largest absolute Gasteiger partial charge is 0.228 e. The quantitative estimate of drug-likeness (QED) is 0.196. The molecule has 0 spiro atoms. The average Bonchev–Trinajstić information content (AvgIpc) is 3.08. The van der Waals surface area contributed by atoms with E-state index in [1.165, 1.54) is 44.5 Å². The highest BCUT2D eigenvalue weighted by atomic mass is 14.9. The van der Waals surface area contributed by atoms with E-state index in [0.29, 0.717) is 5.82 Å². The normalized spacial score (nSPS) is 11.0. The zero-order valence-electron chi connectivity index (χ0n) is 25.8. The molecule has 0 saturated heterocycles. The van der Waals surface area contributed by atoms with Gasteiger partial charge in [0.2, 0.25) is 0 Å². The Morgan fingerprint density at radius 3 is 1.51 bits per heavy atom. The van der Waals surface area contributed by atoms with Gasteiger partial charge in [0.05, 0.1) is 11.4 Å². The van der Waals surface area contributed by atoms with Crippen LogP contribution in [0.2, 0.25) is 0 Å². The van der Waals surface area contributed by atoms with Gasteiger partial charge >= 0.3 is 0 Å². The van der Waals surface area contributed by atoms with Crippen molar-refractivity contribution in [1.29, 1.82) is 0 Å². The standard InChI is InChI=1S/C43H34N2/c1-29-22-30(2)24-39(23-29)35-17-9-15-33(25-35)34-16-10-20-38(26-34)43-44-41(32-13-5-4-6-14-32)28-42(45-43)37-19-11-18-36(27-37)40-21-8-7-12-31(40)3/h4-28H,1-3H3. The second-order valence-electron chi connectivity index (χ2n) is 11.8. The molecule has 216 valence electrons. The topological polar surface area (TPSA) is 25.8 Å². The Morgan fingerprint density at radius 1 is 0.333 bits per heavy atom. The molecule has 0 unspecified atom stereocenters. The molecule has 0 aliphatic heterocycles. The first-order valence-corrected chi connectivity index (χ1v) is 15.4. The molecule has 0 radical (unpaired) electrons. The van der Waals surface area contributed by atoms with Crippen LogP contribution in [0, 0.1) is 20.8 Å². The second kappa shape index (κ2) is 12.2. The van der Waals surface area contributed by atoms with Gasteiger partial charge in [-0.2, -0.15) is 0 Å². The lowest BCUT2D eigenvalue weighted by Gasteiger charge is -2.12. The number of aryl methyl sites for hydroxylation is 3. The smallest absolute Gasteiger partial charge is 0.160 e. The molecule has 1 aromatic heterocycles. The number of rotatable bonds is 6. The number of nitrogens with zero attached hydrogens (tertiary/aromatic N) is 2. The third-order valence-electron chi connectivity index (χ3n) is 8.28. The summed E-state index contributed by atoms with van der Waals surface area (Å²) in [5.74, 6) is 0.708. The van der Waals surface area contributed by atoms with Crippen molar-refractivity contribution >= 4 is 0 Å². The third kappa shape index (κ3) is 6.09. The molecule has 0 N–H and O–H groups in total. The predicted molar refractivity (Wildman–Crippen MR) is 189 cm³/mol. The van der Waals surface area contributed by atoms with Crippen LogP contribution in [0.25, 0.3) is 67.3 Å². The molecule has 0 bridgehead atoms. The number of hydrogen-bond donors (Lipinski definition) is 0. The van der Waals surface area contributed by atoms with Crippen molar-refractivity contribution in [3.8, 4) is 67.3 Å². The molecule has 2 heteroatoms. The molecule has 0 aliphatic rings. The summed E-state index contributed by atoms with van der Waals surface area (Å²) < 4.78 is 0. The van der Waals surface area contributed by atoms with Gasteiger partial charge in [-0.25, -0.2) is 9.97 Å². The minimum Gasteiger partial charge on any atom is -0.228 e. The van der Waals surface area contributed by atoms with Gasteiger partial charge in [0, 0.05) is 16.7 Å². The Bertz CT molecular complexity index is 2120. The first-order valence-electron chi connectivity index (χ1n) is 15.4. The summed E-state index contributed by atoms with van der Waals surface area (Å²) in [6.07, 6.45) is 0. The molecule has 7 rings (SSSR count). The van der Waals surface area contributed by atoms with Gasteiger partial charge in [-0.05, 0) is 84.0 Å². The summed E-state index contributed by atoms with van der Waals surface area (Å²) >= 11 is 0. The fraction of sp³-hybridized carbons (Fsp3) is 0.0698. The van der Waals surface area contributed by atoms with Crippen molar-refractivity contribution in [3.63, 3.8) is 0 Å². The van der Waals surface area contributed by atoms with Gasteiger partial charge in [-0.15, -0.1) is 0 Å². The summed E-state index contributed by atoms with van der Waals surface area (Å²) in [4.78, 5) is 10.3. The minimum absolute atomic E-state index is 0.708. The van der Waals surface area contributed by atoms with Crippen LogP contribution in [0.15, 0.2) is 152 Å². The van der Waals surface area contributed by atoms with Crippen molar-refractivity contribution in [2.75, 3.05) is 0 Å². The van der Waals surface area contributed by atoms with Crippen molar-refractivity contribution in [1.82, 2.24) is 9.97 Å². The molecule has 2 nitrogen and oxygen atoms in total. The van der Waals surface area contributed by atoms with Crippen LogP contribution in [0.3, 0.4) is 0 Å². The summed E-state index contributed by atoms with van der Waals surface area (Å²) in [6, 6.07) is 53.7. The second-order valence-corrected chi connectivity index (χ2v) is 11.8. The fourth-order valence-corrected chi connectivity index (χ4v) is 6.08. The van der Waals surface area contributed by atoms with E-state index in [9.17, 15) is 0 Å². The van der Waals surface area contributed by atoms with Gasteiger partial charge in [0.25, 0.3) is 0 Å². The highest BCUT2D eigenvalue weighted by molar-refractivity contribution is 5.79. The van der Waals surface area contributed by atoms with E-state index >= 15 is 0 Å². The Morgan fingerprint density at radius 2 is 0.822 bits per heavy atom. The number of benzene rings is 6. The Labute approximate surface area is 265 Å². The summed E-state index contributed by atoms with van der Waals surface area (Å²) in [5, 5.41) is 0. The first-order chi connectivity index (χ1) is 22.0. The average molecular weight is 579 g/mol. The van der Waals surface area contributed by atoms with Crippen LogP contribution in [-0.2, 0) is 0 Å². The van der Waals surface area contributed by atoms with Gasteiger partial charge in [0.1, 0.15) is 0 Å². The van der Waals surface area contributed by atoms with Crippen molar-refractivity contribution in [2.24, 2.45) is 0 Å². The zero-order chi connectivity index (χ0) is 30.8. The van der Waals surface area contributed by atoms with Crippen molar-refractivity contribution in [3.05, 3.63) is 168 Å². The molecule has 1 heterocycles. The van der Waals surface area contributed by atoms with Gasteiger partial charge < -0.3 is 0 Å². The number of aromatic nitrogens is 2. The fourth-order valence-electron chi connectivity index (χ4n) is 6.08. The molecule has 0 aliphatic carbocycles. The van der Waals surface area contributed by atoms with Crippen LogP contribution in [0.5, 0.6) is 0 Å². The maximum atomic E-state index is 5.16. The Kier molecular flexibility index (Phi) is 7.63. The van der Waals surface area contributed by atoms with Crippen LogP contribution >= 0.6 is 0 Å². The lowest BCUT2D eigenvalue weighted by atomic mass is 9.96. The van der Waals surface area contributed by atoms with Crippen molar-refractivity contribution < 1.29 is 0 Å². The molecular formula is C43H34N2. The van der Waals surface area contributed by atoms with Crippen LogP contribution in [0.4, 0.5) is 0 Å². The maximum Gasteiger partial charge on any atom is 0.160 e. The molecule has 0 saturated carbocycles. The van der Waals surface area contributed by atoms with Crippen LogP contribution < -0.4 is 0 Å². The SMILES string of the molecule is Cc1cc(C)cc(-c2cccc(-c3cccc(-c4nc(-c5ccccc5)cc(-c5cccc(-c6ccccc6C)c5)n4)c3)c2)c1. The van der Waals surface area contributed by atoms with E-state index in [1.807, 2.05) is 6.07 Å². The lowest BCUT2D eigenvalue weighted by molar-refractivity contribution is 1.18. The monoisotopic (exact) mass is 578 g/mol. The van der Waals surface area contributed by atoms with Gasteiger partial charge in [-0.1, -0.05) is 139 Å². The Balaban J connectivity index is 1.32. The zero-order valence-corrected chi connectivity index (χ0v) is 25.8. The summed E-state index contributed by atoms with van der Waals surface area (Å²) in [7, 11) is 0. The van der Waals surface area contributed by atoms with E-state index in [-0.39, 0.29) is 0 Å². The highest BCUT2D eigenvalue weighted by Crippen LogP contribution is 2.33. The molecule has 45 heavy (non-hydrogen) atoms. The summed E-state index contributed by atoms with van der Waals surface area (Å²) in [6.45, 7) is 6.46. The van der Waals surface area contributed by atoms with Crippen LogP contribution in [-0.4, -0.2) is 9.97 Å². The first kappa shape index (κ1) is 28.2. The Hall–Kier alpha value is -5.60. The van der Waals surface area contributed by atoms with E-state index in [1.54, 1.807) is 0 Å². The molecule has 0 atom stereocenters. The molecule has 6 aromatic carbocycles. The van der Waals surface area contributed by atoms with Crippen molar-refractivity contribution in [2.45, 2.75) is 20.8 Å². The maximum absolute atomic E-state index is 5.16. The van der Waals surface area contributed by atoms with E-state index in [0.717, 1.165) is 33.6 Å². The summed E-state index contributed by atoms with van der Waals surface area (Å²) in [5.41, 5.74) is 15.9. The minimum atomic E-state index is 0.708. The van der Waals surface area contributed by atoms with Crippen LogP contribution in [0.1, 0.15) is 16.7 Å². The number of hydrogen-bond acceptors (Lipinski definition) is 2. The van der Waals surface area contributed by atoms with E-state index in [2.05, 4.69) is 166 Å².